The molecule has 1 aromatic heterocycles. The highest BCUT2D eigenvalue weighted by atomic mass is 79.9. The second kappa shape index (κ2) is 7.28. The van der Waals surface area contributed by atoms with E-state index in [1.165, 1.54) is 38.5 Å². The van der Waals surface area contributed by atoms with Crippen LogP contribution in [0.1, 0.15) is 44.3 Å². The van der Waals surface area contributed by atoms with Crippen LogP contribution in [0.15, 0.2) is 45.3 Å². The van der Waals surface area contributed by atoms with Crippen molar-refractivity contribution in [2.45, 2.75) is 51.1 Å². The van der Waals surface area contributed by atoms with E-state index in [0.29, 0.717) is 6.04 Å². The normalized spacial score (nSPS) is 16.8. The van der Waals surface area contributed by atoms with Gasteiger partial charge in [0.15, 0.2) is 0 Å². The van der Waals surface area contributed by atoms with E-state index < -0.39 is 0 Å². The third-order valence-corrected chi connectivity index (χ3v) is 4.74. The summed E-state index contributed by atoms with van der Waals surface area (Å²) in [6.07, 6.45) is 8.12. The number of halogens is 1. The molecule has 21 heavy (non-hydrogen) atoms. The zero-order valence-electron chi connectivity index (χ0n) is 12.3. The lowest BCUT2D eigenvalue weighted by molar-refractivity contribution is 0.420. The van der Waals surface area contributed by atoms with Crippen molar-refractivity contribution >= 4 is 15.9 Å². The van der Waals surface area contributed by atoms with Gasteiger partial charge in [-0.2, -0.15) is 0 Å². The fraction of sp³-hybridized carbons (Fsp3) is 0.444. The number of hydrogen-bond acceptors (Lipinski definition) is 2. The summed E-state index contributed by atoms with van der Waals surface area (Å²) in [5.41, 5.74) is 1.12. The van der Waals surface area contributed by atoms with E-state index in [0.717, 1.165) is 28.1 Å². The standard InChI is InChI=1S/C18H22BrNO/c19-15-9-7-14(8-10-15)18-12-11-17(21-18)13-20-16-5-3-1-2-4-6-16/h7-12,16,20H,1-6,13H2. The predicted octanol–water partition coefficient (Wildman–Crippen LogP) is 5.52. The first-order chi connectivity index (χ1) is 10.3. The molecule has 0 spiro atoms. The van der Waals surface area contributed by atoms with Gasteiger partial charge in [-0.1, -0.05) is 53.7 Å². The van der Waals surface area contributed by atoms with Gasteiger partial charge in [0.25, 0.3) is 0 Å². The van der Waals surface area contributed by atoms with Crippen molar-refractivity contribution in [1.29, 1.82) is 0 Å². The maximum Gasteiger partial charge on any atom is 0.134 e. The molecule has 0 saturated heterocycles. The fourth-order valence-electron chi connectivity index (χ4n) is 2.97. The van der Waals surface area contributed by atoms with Gasteiger partial charge in [0.05, 0.1) is 6.54 Å². The minimum atomic E-state index is 0.661. The van der Waals surface area contributed by atoms with E-state index >= 15 is 0 Å². The molecule has 2 nitrogen and oxygen atoms in total. The van der Waals surface area contributed by atoms with Gasteiger partial charge in [-0.25, -0.2) is 0 Å². The van der Waals surface area contributed by atoms with E-state index in [1.807, 2.05) is 12.1 Å². The molecular weight excluding hydrogens is 326 g/mol. The van der Waals surface area contributed by atoms with Crippen molar-refractivity contribution in [3.63, 3.8) is 0 Å². The van der Waals surface area contributed by atoms with E-state index in [-0.39, 0.29) is 0 Å². The van der Waals surface area contributed by atoms with Gasteiger partial charge in [-0.05, 0) is 37.1 Å². The number of nitrogens with one attached hydrogen (secondary N) is 1. The first-order valence-electron chi connectivity index (χ1n) is 7.89. The maximum atomic E-state index is 5.95. The van der Waals surface area contributed by atoms with Crippen LogP contribution in [-0.4, -0.2) is 6.04 Å². The minimum Gasteiger partial charge on any atom is -0.460 e. The Labute approximate surface area is 135 Å². The highest BCUT2D eigenvalue weighted by Gasteiger charge is 2.12. The van der Waals surface area contributed by atoms with Crippen molar-refractivity contribution in [2.24, 2.45) is 0 Å². The maximum absolute atomic E-state index is 5.95. The Balaban J connectivity index is 1.58. The molecule has 1 heterocycles. The number of furan rings is 1. The Bertz CT molecular complexity index is 553. The molecule has 1 aliphatic carbocycles. The summed E-state index contributed by atoms with van der Waals surface area (Å²) in [7, 11) is 0. The van der Waals surface area contributed by atoms with E-state index in [9.17, 15) is 0 Å². The molecule has 1 fully saturated rings. The number of hydrogen-bond donors (Lipinski definition) is 1. The van der Waals surface area contributed by atoms with E-state index in [4.69, 9.17) is 4.42 Å². The Hall–Kier alpha value is -1.06. The summed E-state index contributed by atoms with van der Waals surface area (Å²) in [6.45, 7) is 0.835. The first kappa shape index (κ1) is 14.9. The molecular formula is C18H22BrNO. The average molecular weight is 348 g/mol. The summed E-state index contributed by atoms with van der Waals surface area (Å²) in [6, 6.07) is 13.0. The van der Waals surface area contributed by atoms with Gasteiger partial charge in [0, 0.05) is 16.1 Å². The van der Waals surface area contributed by atoms with Gasteiger partial charge >= 0.3 is 0 Å². The number of benzene rings is 1. The van der Waals surface area contributed by atoms with Gasteiger partial charge < -0.3 is 9.73 Å². The van der Waals surface area contributed by atoms with Crippen LogP contribution in [0.25, 0.3) is 11.3 Å². The summed E-state index contributed by atoms with van der Waals surface area (Å²) >= 11 is 3.46. The summed E-state index contributed by atoms with van der Waals surface area (Å²) in [4.78, 5) is 0. The molecule has 2 aromatic rings. The lowest BCUT2D eigenvalue weighted by Gasteiger charge is -2.14. The van der Waals surface area contributed by atoms with Crippen LogP contribution in [0.4, 0.5) is 0 Å². The fourth-order valence-corrected chi connectivity index (χ4v) is 3.23. The molecule has 0 unspecified atom stereocenters. The Morgan fingerprint density at radius 3 is 2.38 bits per heavy atom. The van der Waals surface area contributed by atoms with Gasteiger partial charge in [-0.3, -0.25) is 0 Å². The van der Waals surface area contributed by atoms with Crippen molar-refractivity contribution in [3.8, 4) is 11.3 Å². The third-order valence-electron chi connectivity index (χ3n) is 4.21. The van der Waals surface area contributed by atoms with Crippen LogP contribution in [0.5, 0.6) is 0 Å². The molecule has 3 heteroatoms. The van der Waals surface area contributed by atoms with Crippen LogP contribution in [-0.2, 0) is 6.54 Å². The van der Waals surface area contributed by atoms with Crippen LogP contribution in [0.2, 0.25) is 0 Å². The second-order valence-corrected chi connectivity index (χ2v) is 6.76. The monoisotopic (exact) mass is 347 g/mol. The van der Waals surface area contributed by atoms with Gasteiger partial charge in [0.2, 0.25) is 0 Å². The molecule has 0 atom stereocenters. The minimum absolute atomic E-state index is 0.661. The van der Waals surface area contributed by atoms with Crippen LogP contribution < -0.4 is 5.32 Å². The molecule has 1 N–H and O–H groups in total. The van der Waals surface area contributed by atoms with E-state index in [1.54, 1.807) is 0 Å². The molecule has 0 radical (unpaired) electrons. The highest BCUT2D eigenvalue weighted by molar-refractivity contribution is 9.10. The summed E-state index contributed by atoms with van der Waals surface area (Å²) in [5.74, 6) is 1.97. The van der Waals surface area contributed by atoms with Crippen LogP contribution in [0, 0.1) is 0 Å². The largest absolute Gasteiger partial charge is 0.460 e. The third kappa shape index (κ3) is 4.21. The van der Waals surface area contributed by atoms with Gasteiger partial charge in [0.1, 0.15) is 11.5 Å². The average Bonchev–Trinajstić information content (AvgIpc) is 2.81. The second-order valence-electron chi connectivity index (χ2n) is 5.84. The highest BCUT2D eigenvalue weighted by Crippen LogP contribution is 2.24. The molecule has 0 amide bonds. The molecule has 1 aromatic carbocycles. The van der Waals surface area contributed by atoms with Crippen LogP contribution in [0.3, 0.4) is 0 Å². The molecule has 0 bridgehead atoms. The predicted molar refractivity (Wildman–Crippen MR) is 90.2 cm³/mol. The zero-order valence-corrected chi connectivity index (χ0v) is 13.9. The van der Waals surface area contributed by atoms with E-state index in [2.05, 4.69) is 45.5 Å². The topological polar surface area (TPSA) is 25.2 Å². The van der Waals surface area contributed by atoms with Crippen molar-refractivity contribution in [3.05, 3.63) is 46.6 Å². The molecule has 1 saturated carbocycles. The lowest BCUT2D eigenvalue weighted by atomic mass is 10.1. The lowest BCUT2D eigenvalue weighted by Crippen LogP contribution is -2.27. The SMILES string of the molecule is Brc1ccc(-c2ccc(CNC3CCCCCC3)o2)cc1. The zero-order chi connectivity index (χ0) is 14.5. The Kier molecular flexibility index (Phi) is 5.15. The van der Waals surface area contributed by atoms with Crippen LogP contribution >= 0.6 is 15.9 Å². The van der Waals surface area contributed by atoms with Crippen molar-refractivity contribution in [2.75, 3.05) is 0 Å². The Morgan fingerprint density at radius 2 is 1.67 bits per heavy atom. The molecule has 112 valence electrons. The van der Waals surface area contributed by atoms with Gasteiger partial charge in [-0.15, -0.1) is 0 Å². The van der Waals surface area contributed by atoms with Crippen molar-refractivity contribution < 1.29 is 4.42 Å². The summed E-state index contributed by atoms with van der Waals surface area (Å²) in [5, 5.41) is 3.65. The number of rotatable bonds is 4. The molecule has 3 rings (SSSR count). The smallest absolute Gasteiger partial charge is 0.134 e. The quantitative estimate of drug-likeness (QED) is 0.736. The molecule has 0 aliphatic heterocycles. The Morgan fingerprint density at radius 1 is 0.952 bits per heavy atom. The van der Waals surface area contributed by atoms with Crippen molar-refractivity contribution in [1.82, 2.24) is 5.32 Å². The molecule has 1 aliphatic rings. The summed E-state index contributed by atoms with van der Waals surface area (Å²) < 4.78 is 7.04. The first-order valence-corrected chi connectivity index (χ1v) is 8.68.